The molecule has 0 radical (unpaired) electrons. The zero-order chi connectivity index (χ0) is 23.2. The van der Waals surface area contributed by atoms with E-state index in [9.17, 15) is 0 Å². The second kappa shape index (κ2) is 9.10. The maximum Gasteiger partial charge on any atom is 0.0441 e. The van der Waals surface area contributed by atoms with E-state index in [-0.39, 0.29) is 10.8 Å². The third-order valence-electron chi connectivity index (χ3n) is 8.37. The Morgan fingerprint density at radius 3 is 2.52 bits per heavy atom. The van der Waals surface area contributed by atoms with Gasteiger partial charge in [-0.05, 0) is 66.0 Å². The number of nitrogens with zero attached hydrogens (tertiary/aromatic N) is 1. The van der Waals surface area contributed by atoms with Crippen molar-refractivity contribution in [1.82, 2.24) is 5.32 Å². The molecule has 2 fully saturated rings. The van der Waals surface area contributed by atoms with Crippen LogP contribution in [-0.2, 0) is 5.41 Å². The first-order valence-electron chi connectivity index (χ1n) is 12.8. The summed E-state index contributed by atoms with van der Waals surface area (Å²) in [5, 5.41) is 5.70. The van der Waals surface area contributed by atoms with Gasteiger partial charge in [-0.1, -0.05) is 81.4 Å². The molecule has 2 aromatic carbocycles. The molecule has 3 atom stereocenters. The summed E-state index contributed by atoms with van der Waals surface area (Å²) in [4.78, 5) is 2.70. The maximum absolute atomic E-state index is 6.83. The smallest absolute Gasteiger partial charge is 0.0441 e. The van der Waals surface area contributed by atoms with Gasteiger partial charge in [-0.15, -0.1) is 0 Å². The molecule has 0 unspecified atom stereocenters. The summed E-state index contributed by atoms with van der Waals surface area (Å²) >= 11 is 13.5. The molecular formula is C29H38Cl2N2. The fraction of sp³-hybridized carbons (Fsp3) is 0.586. The highest BCUT2D eigenvalue weighted by atomic mass is 35.5. The Kier molecular flexibility index (Phi) is 6.48. The molecule has 2 aliphatic heterocycles. The van der Waals surface area contributed by atoms with Crippen LogP contribution in [0.15, 0.2) is 42.5 Å². The zero-order valence-electron chi connectivity index (χ0n) is 20.3. The molecule has 0 aromatic heterocycles. The van der Waals surface area contributed by atoms with Gasteiger partial charge in [-0.2, -0.15) is 0 Å². The Morgan fingerprint density at radius 1 is 1.03 bits per heavy atom. The molecule has 0 amide bonds. The van der Waals surface area contributed by atoms with Gasteiger partial charge in [-0.3, -0.25) is 0 Å². The maximum atomic E-state index is 6.83. The summed E-state index contributed by atoms with van der Waals surface area (Å²) in [5.74, 6) is 1.12. The van der Waals surface area contributed by atoms with Crippen molar-refractivity contribution in [3.8, 4) is 0 Å². The topological polar surface area (TPSA) is 15.3 Å². The van der Waals surface area contributed by atoms with E-state index in [1.807, 2.05) is 6.07 Å². The predicted octanol–water partition coefficient (Wildman–Crippen LogP) is 7.82. The van der Waals surface area contributed by atoms with E-state index in [1.165, 1.54) is 48.9 Å². The van der Waals surface area contributed by atoms with Crippen molar-refractivity contribution in [2.45, 2.75) is 76.7 Å². The zero-order valence-corrected chi connectivity index (χ0v) is 21.9. The summed E-state index contributed by atoms with van der Waals surface area (Å²) < 4.78 is 0. The van der Waals surface area contributed by atoms with Gasteiger partial charge in [0.15, 0.2) is 0 Å². The lowest BCUT2D eigenvalue weighted by atomic mass is 9.64. The minimum Gasteiger partial charge on any atom is -0.370 e. The number of hydrogen-bond acceptors (Lipinski definition) is 2. The van der Waals surface area contributed by atoms with Gasteiger partial charge >= 0.3 is 0 Å². The average molecular weight is 486 g/mol. The van der Waals surface area contributed by atoms with Crippen molar-refractivity contribution in [2.24, 2.45) is 11.3 Å². The van der Waals surface area contributed by atoms with Gasteiger partial charge in [-0.25, -0.2) is 0 Å². The standard InChI is InChI=1S/C29H38Cl2N2/c1-28(2,3)16-27-29(24(17-32-27)22-11-7-8-12-25(22)31)19-33(18-20-9-5-4-6-10-20)26-14-13-21(30)15-23(26)29/h7-8,11-15,20,24,27,32H,4-6,9-10,16-19H2,1-3H3/t24-,27+,29-/m1/s1. The highest BCUT2D eigenvalue weighted by molar-refractivity contribution is 6.31. The second-order valence-electron chi connectivity index (χ2n) is 11.9. The lowest BCUT2D eigenvalue weighted by Gasteiger charge is -2.40. The number of rotatable bonds is 4. The van der Waals surface area contributed by atoms with Crippen LogP contribution in [0.5, 0.6) is 0 Å². The Hall–Kier alpha value is -1.22. The fourth-order valence-corrected chi connectivity index (χ4v) is 7.40. The molecule has 33 heavy (non-hydrogen) atoms. The molecular weight excluding hydrogens is 447 g/mol. The third-order valence-corrected chi connectivity index (χ3v) is 8.95. The Balaban J connectivity index is 1.61. The molecule has 2 aromatic rings. The van der Waals surface area contributed by atoms with Crippen molar-refractivity contribution in [3.05, 3.63) is 63.6 Å². The Bertz CT molecular complexity index is 991. The normalized spacial score (nSPS) is 28.0. The van der Waals surface area contributed by atoms with Crippen LogP contribution in [0.2, 0.25) is 10.0 Å². The molecule has 1 spiro atoms. The number of halogens is 2. The van der Waals surface area contributed by atoms with Crippen LogP contribution < -0.4 is 10.2 Å². The molecule has 2 heterocycles. The van der Waals surface area contributed by atoms with Crippen LogP contribution >= 0.6 is 23.2 Å². The molecule has 178 valence electrons. The molecule has 1 N–H and O–H groups in total. The van der Waals surface area contributed by atoms with Crippen LogP contribution in [0, 0.1) is 11.3 Å². The summed E-state index contributed by atoms with van der Waals surface area (Å²) in [5.41, 5.74) is 4.29. The lowest BCUT2D eigenvalue weighted by Crippen LogP contribution is -2.48. The molecule has 1 saturated heterocycles. The van der Waals surface area contributed by atoms with Gasteiger partial charge in [0.25, 0.3) is 0 Å². The first kappa shape index (κ1) is 23.5. The molecule has 3 aliphatic rings. The van der Waals surface area contributed by atoms with E-state index in [0.717, 1.165) is 42.0 Å². The van der Waals surface area contributed by atoms with E-state index in [4.69, 9.17) is 23.2 Å². The fourth-order valence-electron chi connectivity index (χ4n) is 6.96. The second-order valence-corrected chi connectivity index (χ2v) is 12.7. The van der Waals surface area contributed by atoms with Crippen molar-refractivity contribution in [1.29, 1.82) is 0 Å². The minimum absolute atomic E-state index is 0.0346. The van der Waals surface area contributed by atoms with Crippen LogP contribution in [-0.4, -0.2) is 25.7 Å². The van der Waals surface area contributed by atoms with Crippen LogP contribution in [0.1, 0.15) is 76.3 Å². The highest BCUT2D eigenvalue weighted by Crippen LogP contribution is 2.56. The third kappa shape index (κ3) is 4.44. The van der Waals surface area contributed by atoms with Gasteiger partial charge in [0.1, 0.15) is 0 Å². The SMILES string of the molecule is CC(C)(C)C[C@@H]1NC[C@H](c2ccccc2Cl)[C@]12CN(CC1CCCCC1)c1ccc(Cl)cc12. The summed E-state index contributed by atoms with van der Waals surface area (Å²) in [6.45, 7) is 10.2. The first-order chi connectivity index (χ1) is 15.8. The van der Waals surface area contributed by atoms with E-state index in [2.05, 4.69) is 67.4 Å². The van der Waals surface area contributed by atoms with Crippen LogP contribution in [0.4, 0.5) is 5.69 Å². The Labute approximate surface area is 210 Å². The van der Waals surface area contributed by atoms with E-state index >= 15 is 0 Å². The van der Waals surface area contributed by atoms with E-state index < -0.39 is 0 Å². The average Bonchev–Trinajstić information content (AvgIpc) is 3.27. The van der Waals surface area contributed by atoms with Gasteiger partial charge in [0.2, 0.25) is 0 Å². The number of nitrogens with one attached hydrogen (secondary N) is 1. The molecule has 4 heteroatoms. The number of fused-ring (bicyclic) bond motifs is 2. The van der Waals surface area contributed by atoms with E-state index in [1.54, 1.807) is 0 Å². The summed E-state index contributed by atoms with van der Waals surface area (Å²) in [6, 6.07) is 15.5. The monoisotopic (exact) mass is 484 g/mol. The summed E-state index contributed by atoms with van der Waals surface area (Å²) in [7, 11) is 0. The first-order valence-corrected chi connectivity index (χ1v) is 13.6. The Morgan fingerprint density at radius 2 is 1.79 bits per heavy atom. The number of anilines is 1. The number of benzene rings is 2. The molecule has 0 bridgehead atoms. The van der Waals surface area contributed by atoms with Crippen molar-refractivity contribution in [3.63, 3.8) is 0 Å². The quantitative estimate of drug-likeness (QED) is 0.475. The van der Waals surface area contributed by atoms with E-state index in [0.29, 0.717) is 12.0 Å². The van der Waals surface area contributed by atoms with Crippen LogP contribution in [0.3, 0.4) is 0 Å². The van der Waals surface area contributed by atoms with Crippen molar-refractivity contribution >= 4 is 28.9 Å². The molecule has 5 rings (SSSR count). The lowest BCUT2D eigenvalue weighted by molar-refractivity contribution is 0.253. The highest BCUT2D eigenvalue weighted by Gasteiger charge is 2.57. The van der Waals surface area contributed by atoms with Crippen molar-refractivity contribution in [2.75, 3.05) is 24.5 Å². The molecule has 1 saturated carbocycles. The predicted molar refractivity (Wildman–Crippen MR) is 142 cm³/mol. The van der Waals surface area contributed by atoms with Gasteiger partial charge in [0, 0.05) is 52.7 Å². The van der Waals surface area contributed by atoms with Gasteiger partial charge in [0.05, 0.1) is 0 Å². The number of hydrogen-bond donors (Lipinski definition) is 1. The molecule has 1 aliphatic carbocycles. The molecule has 2 nitrogen and oxygen atoms in total. The van der Waals surface area contributed by atoms with Gasteiger partial charge < -0.3 is 10.2 Å². The van der Waals surface area contributed by atoms with Crippen molar-refractivity contribution < 1.29 is 0 Å². The summed E-state index contributed by atoms with van der Waals surface area (Å²) in [6.07, 6.45) is 8.02. The minimum atomic E-state index is -0.0346. The largest absolute Gasteiger partial charge is 0.370 e. The van der Waals surface area contributed by atoms with Crippen LogP contribution in [0.25, 0.3) is 0 Å².